The number of hydrogen-bond acceptors (Lipinski definition) is 3. The van der Waals surface area contributed by atoms with E-state index in [0.717, 1.165) is 5.39 Å². The van der Waals surface area contributed by atoms with Gasteiger partial charge in [-0.05, 0) is 31.2 Å². The fourth-order valence-corrected chi connectivity index (χ4v) is 2.41. The summed E-state index contributed by atoms with van der Waals surface area (Å²) in [7, 11) is 0. The minimum atomic E-state index is -0.718. The Labute approximate surface area is 128 Å². The number of halogens is 2. The van der Waals surface area contributed by atoms with E-state index in [1.807, 2.05) is 18.2 Å². The van der Waals surface area contributed by atoms with Gasteiger partial charge in [-0.25, -0.2) is 9.18 Å². The number of furan rings is 1. The lowest BCUT2D eigenvalue weighted by Gasteiger charge is -2.04. The average molecular weight is 349 g/mol. The van der Waals surface area contributed by atoms with Gasteiger partial charge < -0.3 is 9.15 Å². The third-order valence-corrected chi connectivity index (χ3v) is 3.62. The first kappa shape index (κ1) is 13.8. The number of ether oxygens (including phenoxy) is 1. The number of rotatable bonds is 2. The predicted octanol–water partition coefficient (Wildman–Crippen LogP) is 4.86. The van der Waals surface area contributed by atoms with Gasteiger partial charge in [0.05, 0.1) is 0 Å². The average Bonchev–Trinajstić information content (AvgIpc) is 2.80. The zero-order chi connectivity index (χ0) is 15.0. The van der Waals surface area contributed by atoms with Crippen LogP contribution in [0.4, 0.5) is 4.39 Å². The predicted molar refractivity (Wildman–Crippen MR) is 80.0 cm³/mol. The van der Waals surface area contributed by atoms with Crippen LogP contribution in [0.1, 0.15) is 16.1 Å². The molecule has 0 radical (unpaired) electrons. The summed E-state index contributed by atoms with van der Waals surface area (Å²) in [6, 6.07) is 11.5. The van der Waals surface area contributed by atoms with Crippen LogP contribution in [0.2, 0.25) is 0 Å². The van der Waals surface area contributed by atoms with Crippen LogP contribution < -0.4 is 4.74 Å². The number of fused-ring (bicyclic) bond motifs is 1. The molecule has 3 rings (SSSR count). The molecular formula is C16H10BrFO3. The molecule has 0 unspecified atom stereocenters. The van der Waals surface area contributed by atoms with E-state index in [-0.39, 0.29) is 11.5 Å². The molecule has 0 amide bonds. The van der Waals surface area contributed by atoms with Gasteiger partial charge in [-0.1, -0.05) is 34.1 Å². The molecule has 0 aliphatic carbocycles. The third-order valence-electron chi connectivity index (χ3n) is 3.13. The maximum absolute atomic E-state index is 13.7. The second kappa shape index (κ2) is 5.33. The minimum absolute atomic E-state index is 0.0820. The van der Waals surface area contributed by atoms with Gasteiger partial charge in [-0.3, -0.25) is 0 Å². The van der Waals surface area contributed by atoms with E-state index in [2.05, 4.69) is 15.9 Å². The van der Waals surface area contributed by atoms with Crippen molar-refractivity contribution in [2.45, 2.75) is 6.92 Å². The molecule has 0 N–H and O–H groups in total. The third kappa shape index (κ3) is 2.56. The first-order valence-corrected chi connectivity index (χ1v) is 7.01. The summed E-state index contributed by atoms with van der Waals surface area (Å²) in [5.74, 6) is -1.39. The molecule has 3 aromatic rings. The molecule has 5 heteroatoms. The van der Waals surface area contributed by atoms with Crippen LogP contribution in [0.5, 0.6) is 5.75 Å². The van der Waals surface area contributed by atoms with Gasteiger partial charge in [0.1, 0.15) is 5.58 Å². The molecule has 0 aliphatic rings. The number of esters is 1. The highest BCUT2D eigenvalue weighted by molar-refractivity contribution is 9.10. The first-order valence-electron chi connectivity index (χ1n) is 6.21. The van der Waals surface area contributed by atoms with Crippen molar-refractivity contribution < 1.29 is 18.3 Å². The van der Waals surface area contributed by atoms with E-state index >= 15 is 0 Å². The van der Waals surface area contributed by atoms with Crippen molar-refractivity contribution >= 4 is 32.9 Å². The van der Waals surface area contributed by atoms with E-state index in [4.69, 9.17) is 9.15 Å². The Morgan fingerprint density at radius 3 is 2.71 bits per heavy atom. The Morgan fingerprint density at radius 1 is 1.24 bits per heavy atom. The fourth-order valence-electron chi connectivity index (χ4n) is 2.07. The van der Waals surface area contributed by atoms with Gasteiger partial charge in [-0.15, -0.1) is 0 Å². The zero-order valence-electron chi connectivity index (χ0n) is 11.0. The largest absolute Gasteiger partial charge is 0.449 e. The van der Waals surface area contributed by atoms with E-state index in [9.17, 15) is 9.18 Å². The fraction of sp³-hybridized carbons (Fsp3) is 0.0625. The summed E-state index contributed by atoms with van der Waals surface area (Å²) in [5.41, 5.74) is 1.27. The highest BCUT2D eigenvalue weighted by Gasteiger charge is 2.20. The Balaban J connectivity index is 1.95. The van der Waals surface area contributed by atoms with Gasteiger partial charge in [0, 0.05) is 15.4 Å². The summed E-state index contributed by atoms with van der Waals surface area (Å²) in [4.78, 5) is 12.1. The maximum atomic E-state index is 13.7. The van der Waals surface area contributed by atoms with E-state index in [1.165, 1.54) is 12.1 Å². The van der Waals surface area contributed by atoms with Crippen LogP contribution >= 0.6 is 15.9 Å². The van der Waals surface area contributed by atoms with Crippen LogP contribution in [0.25, 0.3) is 11.0 Å². The van der Waals surface area contributed by atoms with Gasteiger partial charge in [0.15, 0.2) is 11.6 Å². The number of benzene rings is 2. The van der Waals surface area contributed by atoms with Crippen molar-refractivity contribution in [1.29, 1.82) is 0 Å². The van der Waals surface area contributed by atoms with Gasteiger partial charge in [-0.2, -0.15) is 0 Å². The lowest BCUT2D eigenvalue weighted by Crippen LogP contribution is -2.09. The van der Waals surface area contributed by atoms with Crippen LogP contribution in [0, 0.1) is 12.7 Å². The molecule has 106 valence electrons. The van der Waals surface area contributed by atoms with Crippen LogP contribution in [-0.2, 0) is 0 Å². The topological polar surface area (TPSA) is 39.4 Å². The number of para-hydroxylation sites is 1. The Morgan fingerprint density at radius 2 is 2.00 bits per heavy atom. The Kier molecular flexibility index (Phi) is 3.51. The van der Waals surface area contributed by atoms with Gasteiger partial charge in [0.25, 0.3) is 0 Å². The van der Waals surface area contributed by atoms with Crippen molar-refractivity contribution in [1.82, 2.24) is 0 Å². The van der Waals surface area contributed by atoms with Crippen LogP contribution in [0.3, 0.4) is 0 Å². The van der Waals surface area contributed by atoms with Gasteiger partial charge >= 0.3 is 5.97 Å². The van der Waals surface area contributed by atoms with E-state index < -0.39 is 11.8 Å². The molecule has 0 spiro atoms. The number of aryl methyl sites for hydroxylation is 1. The SMILES string of the molecule is Cc1c(C(=O)Oc2ccc(Br)cc2F)oc2ccccc12. The Bertz CT molecular complexity index is 839. The molecule has 3 nitrogen and oxygen atoms in total. The number of carbonyl (C=O) groups is 1. The molecule has 0 fully saturated rings. The summed E-state index contributed by atoms with van der Waals surface area (Å²) in [6.45, 7) is 1.76. The van der Waals surface area contributed by atoms with Crippen molar-refractivity contribution in [3.05, 3.63) is 64.1 Å². The molecule has 0 bridgehead atoms. The number of carbonyl (C=O) groups excluding carboxylic acids is 1. The molecule has 0 atom stereocenters. The molecule has 0 aliphatic heterocycles. The van der Waals surface area contributed by atoms with Crippen molar-refractivity contribution in [3.8, 4) is 5.75 Å². The Hall–Kier alpha value is -2.14. The van der Waals surface area contributed by atoms with Crippen molar-refractivity contribution in [2.24, 2.45) is 0 Å². The second-order valence-corrected chi connectivity index (χ2v) is 5.43. The highest BCUT2D eigenvalue weighted by Crippen LogP contribution is 2.27. The molecule has 1 aromatic heterocycles. The monoisotopic (exact) mass is 348 g/mol. The first-order chi connectivity index (χ1) is 10.1. The number of hydrogen-bond donors (Lipinski definition) is 0. The molecule has 2 aromatic carbocycles. The lowest BCUT2D eigenvalue weighted by atomic mass is 10.1. The zero-order valence-corrected chi connectivity index (χ0v) is 12.6. The summed E-state index contributed by atoms with van der Waals surface area (Å²) >= 11 is 3.14. The standard InChI is InChI=1S/C16H10BrFO3/c1-9-11-4-2-3-5-13(11)20-15(9)16(19)21-14-7-6-10(17)8-12(14)18/h2-8H,1H3. The summed E-state index contributed by atoms with van der Waals surface area (Å²) < 4.78 is 24.8. The van der Waals surface area contributed by atoms with Gasteiger partial charge in [0.2, 0.25) is 5.76 Å². The molecule has 0 saturated heterocycles. The smallest absolute Gasteiger partial charge is 0.380 e. The van der Waals surface area contributed by atoms with Crippen LogP contribution in [0.15, 0.2) is 51.4 Å². The van der Waals surface area contributed by atoms with E-state index in [0.29, 0.717) is 15.6 Å². The maximum Gasteiger partial charge on any atom is 0.380 e. The van der Waals surface area contributed by atoms with Crippen molar-refractivity contribution in [3.63, 3.8) is 0 Å². The molecule has 21 heavy (non-hydrogen) atoms. The van der Waals surface area contributed by atoms with Crippen LogP contribution in [-0.4, -0.2) is 5.97 Å². The van der Waals surface area contributed by atoms with E-state index in [1.54, 1.807) is 19.1 Å². The normalized spacial score (nSPS) is 10.8. The minimum Gasteiger partial charge on any atom is -0.449 e. The molecule has 1 heterocycles. The summed E-state index contributed by atoms with van der Waals surface area (Å²) in [5, 5.41) is 0.834. The lowest BCUT2D eigenvalue weighted by molar-refractivity contribution is 0.0696. The highest BCUT2D eigenvalue weighted by atomic mass is 79.9. The second-order valence-electron chi connectivity index (χ2n) is 4.52. The summed E-state index contributed by atoms with van der Waals surface area (Å²) in [6.07, 6.45) is 0. The molecule has 0 saturated carbocycles. The molecular weight excluding hydrogens is 339 g/mol. The van der Waals surface area contributed by atoms with Crippen molar-refractivity contribution in [2.75, 3.05) is 0 Å². The quantitative estimate of drug-likeness (QED) is 0.490.